The van der Waals surface area contributed by atoms with Crippen LogP contribution < -0.4 is 10.2 Å². The molecule has 5 nitrogen and oxygen atoms in total. The van der Waals surface area contributed by atoms with Gasteiger partial charge in [-0.25, -0.2) is 0 Å². The molecule has 8 heteroatoms. The first-order valence-corrected chi connectivity index (χ1v) is 9.75. The largest absolute Gasteiger partial charge is 0.416 e. The highest BCUT2D eigenvalue weighted by Gasteiger charge is 2.31. The number of nitrogens with zero attached hydrogens (tertiary/aromatic N) is 2. The van der Waals surface area contributed by atoms with Gasteiger partial charge < -0.3 is 15.1 Å². The van der Waals surface area contributed by atoms with Crippen molar-refractivity contribution in [3.05, 3.63) is 59.2 Å². The number of hydrogen-bond acceptors (Lipinski definition) is 3. The van der Waals surface area contributed by atoms with Gasteiger partial charge in [-0.3, -0.25) is 9.59 Å². The van der Waals surface area contributed by atoms with E-state index in [-0.39, 0.29) is 11.8 Å². The molecule has 160 valence electrons. The maximum Gasteiger partial charge on any atom is 0.416 e. The van der Waals surface area contributed by atoms with Crippen molar-refractivity contribution in [1.82, 2.24) is 4.90 Å². The Bertz CT molecular complexity index is 959. The molecule has 1 heterocycles. The summed E-state index contributed by atoms with van der Waals surface area (Å²) in [7, 11) is 1.87. The molecule has 1 unspecified atom stereocenters. The van der Waals surface area contributed by atoms with Crippen LogP contribution in [-0.2, 0) is 11.0 Å². The lowest BCUT2D eigenvalue weighted by Crippen LogP contribution is -2.33. The summed E-state index contributed by atoms with van der Waals surface area (Å²) < 4.78 is 39.2. The van der Waals surface area contributed by atoms with Gasteiger partial charge in [0.1, 0.15) is 0 Å². The second-order valence-corrected chi connectivity index (χ2v) is 7.34. The zero-order valence-corrected chi connectivity index (χ0v) is 17.1. The number of carbonyl (C=O) groups excluding carboxylic acids is 2. The first-order valence-electron chi connectivity index (χ1n) is 9.75. The molecule has 0 spiro atoms. The lowest BCUT2D eigenvalue weighted by molar-refractivity contribution is -0.137. The van der Waals surface area contributed by atoms with E-state index >= 15 is 0 Å². The van der Waals surface area contributed by atoms with Gasteiger partial charge in [0.2, 0.25) is 5.91 Å². The number of benzene rings is 2. The fraction of sp³-hybridized carbons (Fsp3) is 0.364. The number of rotatable bonds is 4. The van der Waals surface area contributed by atoms with E-state index in [2.05, 4.69) is 5.32 Å². The molecular weight excluding hydrogens is 395 g/mol. The van der Waals surface area contributed by atoms with E-state index in [1.165, 1.54) is 11.0 Å². The van der Waals surface area contributed by atoms with Gasteiger partial charge in [0, 0.05) is 32.1 Å². The number of nitrogens with one attached hydrogen (secondary N) is 1. The highest BCUT2D eigenvalue weighted by Crippen LogP contribution is 2.33. The normalized spacial score (nSPS) is 15.1. The third-order valence-corrected chi connectivity index (χ3v) is 5.37. The molecule has 1 atom stereocenters. The molecule has 0 bridgehead atoms. The molecule has 0 fully saturated rings. The first kappa shape index (κ1) is 21.7. The summed E-state index contributed by atoms with van der Waals surface area (Å²) in [6, 6.07) is 9.54. The third-order valence-electron chi connectivity index (χ3n) is 5.37. The lowest BCUT2D eigenvalue weighted by atomic mass is 10.0. The summed E-state index contributed by atoms with van der Waals surface area (Å²) in [5, 5.41) is 2.81. The molecule has 2 aromatic carbocycles. The van der Waals surface area contributed by atoms with Crippen LogP contribution in [0.5, 0.6) is 0 Å². The number of fused-ring (bicyclic) bond motifs is 1. The van der Waals surface area contributed by atoms with Gasteiger partial charge in [-0.1, -0.05) is 12.1 Å². The van der Waals surface area contributed by atoms with Gasteiger partial charge in [-0.2, -0.15) is 13.2 Å². The van der Waals surface area contributed by atoms with Crippen LogP contribution in [0, 0.1) is 0 Å². The maximum absolute atomic E-state index is 13.2. The van der Waals surface area contributed by atoms with Gasteiger partial charge >= 0.3 is 6.18 Å². The second kappa shape index (κ2) is 8.38. The minimum Gasteiger partial charge on any atom is -0.372 e. The fourth-order valence-corrected chi connectivity index (χ4v) is 3.62. The van der Waals surface area contributed by atoms with Crippen molar-refractivity contribution in [2.24, 2.45) is 0 Å². The van der Waals surface area contributed by atoms with Gasteiger partial charge in [0.05, 0.1) is 23.0 Å². The monoisotopic (exact) mass is 419 g/mol. The van der Waals surface area contributed by atoms with Crippen LogP contribution in [0.1, 0.15) is 47.8 Å². The average Bonchev–Trinajstić information content (AvgIpc) is 2.85. The second-order valence-electron chi connectivity index (χ2n) is 7.34. The van der Waals surface area contributed by atoms with E-state index in [4.69, 9.17) is 0 Å². The number of hydrogen-bond donors (Lipinski definition) is 1. The van der Waals surface area contributed by atoms with E-state index in [1.807, 2.05) is 11.9 Å². The van der Waals surface area contributed by atoms with Crippen LogP contribution in [0.3, 0.4) is 0 Å². The summed E-state index contributed by atoms with van der Waals surface area (Å²) >= 11 is 0. The molecule has 1 aliphatic rings. The molecule has 2 aromatic rings. The summed E-state index contributed by atoms with van der Waals surface area (Å²) in [6.07, 6.45) is -4.10. The molecule has 1 N–H and O–H groups in total. The van der Waals surface area contributed by atoms with E-state index in [0.29, 0.717) is 36.3 Å². The lowest BCUT2D eigenvalue weighted by Gasteiger charge is -2.29. The number of amides is 2. The smallest absolute Gasteiger partial charge is 0.372 e. The summed E-state index contributed by atoms with van der Waals surface area (Å²) in [5.41, 5.74) is 1.39. The molecule has 0 aromatic heterocycles. The number of anilines is 2. The van der Waals surface area contributed by atoms with Crippen molar-refractivity contribution in [3.8, 4) is 0 Å². The topological polar surface area (TPSA) is 52.7 Å². The van der Waals surface area contributed by atoms with E-state index in [0.717, 1.165) is 17.8 Å². The number of carbonyl (C=O) groups is 2. The van der Waals surface area contributed by atoms with Gasteiger partial charge in [0.15, 0.2) is 0 Å². The van der Waals surface area contributed by atoms with Crippen LogP contribution >= 0.6 is 0 Å². The Morgan fingerprint density at radius 3 is 2.63 bits per heavy atom. The number of alkyl halides is 3. The van der Waals surface area contributed by atoms with E-state index in [1.54, 1.807) is 38.1 Å². The predicted molar refractivity (Wildman–Crippen MR) is 110 cm³/mol. The zero-order chi connectivity index (χ0) is 22.1. The third kappa shape index (κ3) is 4.42. The first-order chi connectivity index (χ1) is 14.1. The van der Waals surface area contributed by atoms with Crippen LogP contribution in [-0.4, -0.2) is 36.9 Å². The summed E-state index contributed by atoms with van der Waals surface area (Å²) in [5.74, 6) is -0.443. The van der Waals surface area contributed by atoms with E-state index < -0.39 is 17.8 Å². The Morgan fingerprint density at radius 1 is 1.23 bits per heavy atom. The summed E-state index contributed by atoms with van der Waals surface area (Å²) in [4.78, 5) is 28.6. The molecule has 30 heavy (non-hydrogen) atoms. The highest BCUT2D eigenvalue weighted by atomic mass is 19.4. The van der Waals surface area contributed by atoms with Crippen LogP contribution in [0.25, 0.3) is 0 Å². The quantitative estimate of drug-likeness (QED) is 0.781. The summed E-state index contributed by atoms with van der Waals surface area (Å²) in [6.45, 7) is 4.37. The molecule has 1 aliphatic heterocycles. The molecular formula is C22H24F3N3O2. The predicted octanol–water partition coefficient (Wildman–Crippen LogP) is 4.71. The van der Waals surface area contributed by atoms with Crippen molar-refractivity contribution in [3.63, 3.8) is 0 Å². The Kier molecular flexibility index (Phi) is 6.05. The molecule has 0 aliphatic carbocycles. The van der Waals surface area contributed by atoms with Crippen LogP contribution in [0.4, 0.5) is 24.5 Å². The Labute approximate surface area is 173 Å². The molecule has 2 amide bonds. The zero-order valence-electron chi connectivity index (χ0n) is 17.1. The van der Waals surface area contributed by atoms with E-state index in [9.17, 15) is 22.8 Å². The van der Waals surface area contributed by atoms with Crippen LogP contribution in [0.2, 0.25) is 0 Å². The van der Waals surface area contributed by atoms with Crippen molar-refractivity contribution < 1.29 is 22.8 Å². The standard InChI is InChI=1S/C22H24F3N3O2/c1-4-28(14(2)15-6-5-7-17(12-15)22(23,24)25)21(30)16-8-9-19-18(13-16)26-20(29)10-11-27(19)3/h5-9,12-14H,4,10-11H2,1-3H3,(H,26,29). The van der Waals surface area contributed by atoms with Crippen molar-refractivity contribution in [1.29, 1.82) is 0 Å². The van der Waals surface area contributed by atoms with Gasteiger partial charge in [-0.05, 0) is 49.7 Å². The van der Waals surface area contributed by atoms with Crippen molar-refractivity contribution in [2.45, 2.75) is 32.5 Å². The SMILES string of the molecule is CCN(C(=O)c1ccc2c(c1)NC(=O)CCN2C)C(C)c1cccc(C(F)(F)F)c1. The Balaban J connectivity index is 1.90. The van der Waals surface area contributed by atoms with Crippen LogP contribution in [0.15, 0.2) is 42.5 Å². The minimum absolute atomic E-state index is 0.130. The average molecular weight is 419 g/mol. The van der Waals surface area contributed by atoms with Gasteiger partial charge in [-0.15, -0.1) is 0 Å². The van der Waals surface area contributed by atoms with Gasteiger partial charge in [0.25, 0.3) is 5.91 Å². The minimum atomic E-state index is -4.45. The fourth-order valence-electron chi connectivity index (χ4n) is 3.62. The highest BCUT2D eigenvalue weighted by molar-refractivity contribution is 6.01. The Morgan fingerprint density at radius 2 is 1.97 bits per heavy atom. The maximum atomic E-state index is 13.2. The number of halogens is 3. The molecule has 0 radical (unpaired) electrons. The molecule has 3 rings (SSSR count). The Hall–Kier alpha value is -3.03. The van der Waals surface area contributed by atoms with Crippen molar-refractivity contribution in [2.75, 3.05) is 30.4 Å². The molecule has 0 saturated heterocycles. The molecule has 0 saturated carbocycles. The van der Waals surface area contributed by atoms with Crippen molar-refractivity contribution >= 4 is 23.2 Å².